The van der Waals surface area contributed by atoms with E-state index in [0.29, 0.717) is 6.04 Å². The molecule has 0 spiro atoms. The van der Waals surface area contributed by atoms with Crippen LogP contribution in [0.2, 0.25) is 0 Å². The molecule has 0 bridgehead atoms. The van der Waals surface area contributed by atoms with Gasteiger partial charge in [0.05, 0.1) is 0 Å². The number of hydrogen-bond acceptors (Lipinski definition) is 2. The molecule has 0 saturated heterocycles. The highest BCUT2D eigenvalue weighted by atomic mass is 14.9. The summed E-state index contributed by atoms with van der Waals surface area (Å²) in [6, 6.07) is 0.481. The molecule has 2 heteroatoms. The summed E-state index contributed by atoms with van der Waals surface area (Å²) in [5.74, 6) is 0.805. The van der Waals surface area contributed by atoms with Crippen molar-refractivity contribution in [3.63, 3.8) is 0 Å². The molecule has 10 heavy (non-hydrogen) atoms. The standard InChI is InChI=1S/C8H14N2/c1-2-3-8(10-6-9)7-4-5-7/h7-8,10H,2-5H2,1H3. The van der Waals surface area contributed by atoms with E-state index >= 15 is 0 Å². The molecule has 1 aliphatic rings. The Morgan fingerprint density at radius 3 is 2.80 bits per heavy atom. The SMILES string of the molecule is CCCC(NC#N)C1CC1. The van der Waals surface area contributed by atoms with Gasteiger partial charge in [-0.25, -0.2) is 0 Å². The molecule has 0 radical (unpaired) electrons. The Balaban J connectivity index is 2.21. The fraction of sp³-hybridized carbons (Fsp3) is 0.875. The second kappa shape index (κ2) is 3.46. The van der Waals surface area contributed by atoms with E-state index in [0.717, 1.165) is 12.3 Å². The van der Waals surface area contributed by atoms with Gasteiger partial charge in [-0.05, 0) is 25.2 Å². The lowest BCUT2D eigenvalue weighted by atomic mass is 10.1. The van der Waals surface area contributed by atoms with Crippen LogP contribution >= 0.6 is 0 Å². The van der Waals surface area contributed by atoms with Gasteiger partial charge in [0.2, 0.25) is 0 Å². The van der Waals surface area contributed by atoms with Crippen molar-refractivity contribution in [2.45, 2.75) is 38.6 Å². The predicted octanol–water partition coefficient (Wildman–Crippen LogP) is 1.64. The van der Waals surface area contributed by atoms with Crippen LogP contribution in [0.4, 0.5) is 0 Å². The Labute approximate surface area is 62.2 Å². The van der Waals surface area contributed by atoms with Crippen LogP contribution in [0.25, 0.3) is 0 Å². The molecule has 1 atom stereocenters. The highest BCUT2D eigenvalue weighted by Gasteiger charge is 2.29. The fourth-order valence-electron chi connectivity index (χ4n) is 1.32. The molecule has 1 fully saturated rings. The van der Waals surface area contributed by atoms with Crippen LogP contribution in [-0.2, 0) is 0 Å². The minimum absolute atomic E-state index is 0.481. The van der Waals surface area contributed by atoms with Crippen molar-refractivity contribution in [1.29, 1.82) is 5.26 Å². The van der Waals surface area contributed by atoms with E-state index in [1.54, 1.807) is 0 Å². The number of rotatable bonds is 4. The largest absolute Gasteiger partial charge is 0.320 e. The number of nitriles is 1. The zero-order valence-corrected chi connectivity index (χ0v) is 6.43. The average Bonchev–Trinajstić information content (AvgIpc) is 2.69. The van der Waals surface area contributed by atoms with Gasteiger partial charge in [0.25, 0.3) is 0 Å². The van der Waals surface area contributed by atoms with Crippen molar-refractivity contribution in [2.24, 2.45) is 5.92 Å². The quantitative estimate of drug-likeness (QED) is 0.473. The molecule has 1 aliphatic carbocycles. The third kappa shape index (κ3) is 1.91. The van der Waals surface area contributed by atoms with Crippen LogP contribution in [0.15, 0.2) is 0 Å². The van der Waals surface area contributed by atoms with Gasteiger partial charge in [0.1, 0.15) is 0 Å². The maximum absolute atomic E-state index is 8.38. The summed E-state index contributed by atoms with van der Waals surface area (Å²) in [5.41, 5.74) is 0. The van der Waals surface area contributed by atoms with Gasteiger partial charge in [-0.1, -0.05) is 13.3 Å². The van der Waals surface area contributed by atoms with Gasteiger partial charge in [-0.15, -0.1) is 0 Å². The second-order valence-corrected chi connectivity index (χ2v) is 2.99. The Morgan fingerprint density at radius 2 is 2.40 bits per heavy atom. The smallest absolute Gasteiger partial charge is 0.176 e. The zero-order valence-electron chi connectivity index (χ0n) is 6.43. The lowest BCUT2D eigenvalue weighted by Crippen LogP contribution is -2.26. The van der Waals surface area contributed by atoms with Gasteiger partial charge in [-0.2, -0.15) is 5.26 Å². The monoisotopic (exact) mass is 138 g/mol. The van der Waals surface area contributed by atoms with Crippen LogP contribution in [0, 0.1) is 17.4 Å². The van der Waals surface area contributed by atoms with Crippen LogP contribution in [0.3, 0.4) is 0 Å². The van der Waals surface area contributed by atoms with Crippen molar-refractivity contribution in [1.82, 2.24) is 5.32 Å². The van der Waals surface area contributed by atoms with E-state index < -0.39 is 0 Å². The average molecular weight is 138 g/mol. The van der Waals surface area contributed by atoms with E-state index in [2.05, 4.69) is 12.2 Å². The minimum atomic E-state index is 0.481. The van der Waals surface area contributed by atoms with Crippen LogP contribution in [0.1, 0.15) is 32.6 Å². The van der Waals surface area contributed by atoms with Gasteiger partial charge >= 0.3 is 0 Å². The summed E-state index contributed by atoms with van der Waals surface area (Å²) in [6.07, 6.45) is 6.99. The first-order chi connectivity index (χ1) is 4.88. The summed E-state index contributed by atoms with van der Waals surface area (Å²) in [6.45, 7) is 2.16. The van der Waals surface area contributed by atoms with Crippen LogP contribution in [-0.4, -0.2) is 6.04 Å². The van der Waals surface area contributed by atoms with E-state index in [1.807, 2.05) is 6.19 Å². The molecule has 1 saturated carbocycles. The molecule has 56 valence electrons. The van der Waals surface area contributed by atoms with Gasteiger partial charge in [0, 0.05) is 6.04 Å². The van der Waals surface area contributed by atoms with E-state index in [-0.39, 0.29) is 0 Å². The number of hydrogen-bond donors (Lipinski definition) is 1. The van der Waals surface area contributed by atoms with Crippen molar-refractivity contribution in [3.05, 3.63) is 0 Å². The first-order valence-corrected chi connectivity index (χ1v) is 4.03. The molecule has 0 heterocycles. The highest BCUT2D eigenvalue weighted by Crippen LogP contribution is 2.34. The third-order valence-corrected chi connectivity index (χ3v) is 2.04. The fourth-order valence-corrected chi connectivity index (χ4v) is 1.32. The number of nitrogens with one attached hydrogen (secondary N) is 1. The summed E-state index contributed by atoms with van der Waals surface area (Å²) in [7, 11) is 0. The molecule has 0 aromatic carbocycles. The Hall–Kier alpha value is -0.710. The maximum atomic E-state index is 8.38. The summed E-state index contributed by atoms with van der Waals surface area (Å²) in [5, 5.41) is 11.2. The van der Waals surface area contributed by atoms with E-state index in [9.17, 15) is 0 Å². The first kappa shape index (κ1) is 7.40. The third-order valence-electron chi connectivity index (χ3n) is 2.04. The Morgan fingerprint density at radius 1 is 1.70 bits per heavy atom. The zero-order chi connectivity index (χ0) is 7.40. The maximum Gasteiger partial charge on any atom is 0.176 e. The van der Waals surface area contributed by atoms with Crippen molar-refractivity contribution in [2.75, 3.05) is 0 Å². The van der Waals surface area contributed by atoms with Gasteiger partial charge in [0.15, 0.2) is 6.19 Å². The molecule has 0 aromatic heterocycles. The van der Waals surface area contributed by atoms with Crippen molar-refractivity contribution < 1.29 is 0 Å². The predicted molar refractivity (Wildman–Crippen MR) is 40.2 cm³/mol. The summed E-state index contributed by atoms with van der Waals surface area (Å²) >= 11 is 0. The Bertz CT molecular complexity index is 133. The molecule has 1 rings (SSSR count). The van der Waals surface area contributed by atoms with Gasteiger partial charge in [-0.3, -0.25) is 0 Å². The van der Waals surface area contributed by atoms with Crippen LogP contribution < -0.4 is 5.32 Å². The Kier molecular flexibility index (Phi) is 2.56. The summed E-state index contributed by atoms with van der Waals surface area (Å²) in [4.78, 5) is 0. The number of nitrogens with zero attached hydrogens (tertiary/aromatic N) is 1. The van der Waals surface area contributed by atoms with Crippen molar-refractivity contribution >= 4 is 0 Å². The normalized spacial score (nSPS) is 19.6. The molecule has 0 amide bonds. The lowest BCUT2D eigenvalue weighted by molar-refractivity contribution is 0.487. The highest BCUT2D eigenvalue weighted by molar-refractivity contribution is 4.89. The molecule has 2 nitrogen and oxygen atoms in total. The molecule has 1 N–H and O–H groups in total. The molecular formula is C8H14N2. The van der Waals surface area contributed by atoms with E-state index in [1.165, 1.54) is 19.3 Å². The first-order valence-electron chi connectivity index (χ1n) is 4.03. The van der Waals surface area contributed by atoms with Gasteiger partial charge < -0.3 is 5.32 Å². The molecule has 0 aromatic rings. The van der Waals surface area contributed by atoms with E-state index in [4.69, 9.17) is 5.26 Å². The van der Waals surface area contributed by atoms with Crippen LogP contribution in [0.5, 0.6) is 0 Å². The molecule has 1 unspecified atom stereocenters. The molecule has 0 aliphatic heterocycles. The lowest BCUT2D eigenvalue weighted by Gasteiger charge is -2.11. The topological polar surface area (TPSA) is 35.8 Å². The second-order valence-electron chi connectivity index (χ2n) is 2.99. The summed E-state index contributed by atoms with van der Waals surface area (Å²) < 4.78 is 0. The van der Waals surface area contributed by atoms with Crippen molar-refractivity contribution in [3.8, 4) is 6.19 Å². The minimum Gasteiger partial charge on any atom is -0.320 e. The molecular weight excluding hydrogens is 124 g/mol.